The zero-order valence-corrected chi connectivity index (χ0v) is 20.8. The van der Waals surface area contributed by atoms with Crippen LogP contribution in [-0.2, 0) is 21.9 Å². The second-order valence-corrected chi connectivity index (χ2v) is 9.11. The Hall–Kier alpha value is -5.29. The molecule has 0 atom stereocenters. The van der Waals surface area contributed by atoms with Crippen LogP contribution in [0.5, 0.6) is 0 Å². The van der Waals surface area contributed by atoms with Gasteiger partial charge in [-0.2, -0.15) is 10.1 Å². The standard InChI is InChI=1S/C28H23N7O4/c1-18-16-23(35(32-18)20-12-6-3-7-13-20)29-27-33(17-19-10-4-2-5-11-19)21-14-8-9-15-22(21)34(27)28(39)24(36)30-26(38)31-25(28)37/h2-16,39H,17H2,1H3,(H2,30,31,36,37,38)/b29-27-. The summed E-state index contributed by atoms with van der Waals surface area (Å²) in [4.78, 5) is 43.0. The number of benzene rings is 3. The van der Waals surface area contributed by atoms with Crippen LogP contribution in [0.4, 0.5) is 10.6 Å². The zero-order valence-electron chi connectivity index (χ0n) is 20.8. The van der Waals surface area contributed by atoms with Crippen molar-refractivity contribution in [3.05, 3.63) is 108 Å². The maximum Gasteiger partial charge on any atom is 0.328 e. The molecule has 3 aromatic carbocycles. The average molecular weight is 522 g/mol. The first-order valence-electron chi connectivity index (χ1n) is 12.2. The van der Waals surface area contributed by atoms with Gasteiger partial charge < -0.3 is 9.67 Å². The summed E-state index contributed by atoms with van der Waals surface area (Å²) in [6.45, 7) is 2.14. The molecule has 3 heterocycles. The van der Waals surface area contributed by atoms with E-state index in [9.17, 15) is 19.5 Å². The van der Waals surface area contributed by atoms with E-state index in [4.69, 9.17) is 4.99 Å². The predicted molar refractivity (Wildman–Crippen MR) is 141 cm³/mol. The van der Waals surface area contributed by atoms with E-state index >= 15 is 0 Å². The molecule has 5 aromatic rings. The van der Waals surface area contributed by atoms with Crippen LogP contribution in [0.3, 0.4) is 0 Å². The molecule has 194 valence electrons. The minimum atomic E-state index is -2.80. The van der Waals surface area contributed by atoms with E-state index in [0.29, 0.717) is 29.1 Å². The molecular formula is C28H23N7O4. The van der Waals surface area contributed by atoms with Gasteiger partial charge in [0.1, 0.15) is 0 Å². The Labute approximate surface area is 221 Å². The van der Waals surface area contributed by atoms with E-state index in [1.165, 1.54) is 0 Å². The highest BCUT2D eigenvalue weighted by molar-refractivity contribution is 6.19. The molecule has 11 nitrogen and oxygen atoms in total. The van der Waals surface area contributed by atoms with E-state index in [0.717, 1.165) is 15.8 Å². The van der Waals surface area contributed by atoms with Gasteiger partial charge in [0.05, 0.1) is 29.0 Å². The number of fused-ring (bicyclic) bond motifs is 1. The number of carbonyl (C=O) groups is 3. The number of rotatable bonds is 5. The van der Waals surface area contributed by atoms with Crippen LogP contribution in [0.2, 0.25) is 0 Å². The van der Waals surface area contributed by atoms with Crippen molar-refractivity contribution >= 4 is 34.7 Å². The summed E-state index contributed by atoms with van der Waals surface area (Å²) in [7, 11) is 0. The quantitative estimate of drug-likeness (QED) is 0.305. The molecule has 0 unspecified atom stereocenters. The lowest BCUT2D eigenvalue weighted by Crippen LogP contribution is -2.68. The second-order valence-electron chi connectivity index (χ2n) is 9.11. The number of urea groups is 1. The number of amides is 4. The number of imidazole rings is 1. The summed E-state index contributed by atoms with van der Waals surface area (Å²) in [6.07, 6.45) is 0. The van der Waals surface area contributed by atoms with Crippen LogP contribution >= 0.6 is 0 Å². The monoisotopic (exact) mass is 521 g/mol. The van der Waals surface area contributed by atoms with Crippen LogP contribution < -0.4 is 16.3 Å². The van der Waals surface area contributed by atoms with E-state index in [2.05, 4.69) is 5.10 Å². The SMILES string of the molecule is Cc1cc(/N=c2/n(Cc3ccccc3)c3ccccc3n2C2(O)C(=O)NC(=O)NC2=O)n(-c2ccccc2)n1. The molecule has 0 bridgehead atoms. The minimum Gasteiger partial charge on any atom is -0.355 e. The van der Waals surface area contributed by atoms with Gasteiger partial charge in [-0.25, -0.2) is 9.48 Å². The first kappa shape index (κ1) is 24.1. The summed E-state index contributed by atoms with van der Waals surface area (Å²) in [5.41, 5.74) is 0.617. The van der Waals surface area contributed by atoms with Crippen LogP contribution in [-0.4, -0.2) is 41.9 Å². The van der Waals surface area contributed by atoms with E-state index in [1.54, 1.807) is 33.5 Å². The summed E-state index contributed by atoms with van der Waals surface area (Å²) in [6, 6.07) is 26.7. The molecule has 0 saturated carbocycles. The molecule has 4 amide bonds. The number of hydrogen-bond acceptors (Lipinski definition) is 6. The van der Waals surface area contributed by atoms with Crippen molar-refractivity contribution in [2.45, 2.75) is 19.2 Å². The molecular weight excluding hydrogens is 498 g/mol. The Balaban J connectivity index is 1.71. The van der Waals surface area contributed by atoms with Crippen LogP contribution in [0.15, 0.2) is 96.0 Å². The minimum absolute atomic E-state index is 0.0966. The molecule has 3 N–H and O–H groups in total. The van der Waals surface area contributed by atoms with Crippen molar-refractivity contribution in [2.24, 2.45) is 4.99 Å². The molecule has 2 aromatic heterocycles. The molecule has 1 fully saturated rings. The van der Waals surface area contributed by atoms with Gasteiger partial charge in [0.15, 0.2) is 5.82 Å². The van der Waals surface area contributed by atoms with Crippen molar-refractivity contribution in [3.8, 4) is 5.69 Å². The molecule has 39 heavy (non-hydrogen) atoms. The van der Waals surface area contributed by atoms with Gasteiger partial charge in [-0.05, 0) is 36.8 Å². The number of carbonyl (C=O) groups excluding carboxylic acids is 3. The summed E-state index contributed by atoms with van der Waals surface area (Å²) < 4.78 is 4.59. The second kappa shape index (κ2) is 9.23. The Morgan fingerprint density at radius 2 is 1.44 bits per heavy atom. The summed E-state index contributed by atoms with van der Waals surface area (Å²) in [5.74, 6) is -1.97. The third kappa shape index (κ3) is 4.01. The highest BCUT2D eigenvalue weighted by Crippen LogP contribution is 2.25. The first-order chi connectivity index (χ1) is 18.9. The van der Waals surface area contributed by atoms with E-state index in [1.807, 2.05) is 84.3 Å². The Bertz CT molecular complexity index is 1800. The van der Waals surface area contributed by atoms with Crippen LogP contribution in [0.25, 0.3) is 16.7 Å². The number of aromatic nitrogens is 4. The maximum absolute atomic E-state index is 13.1. The average Bonchev–Trinajstić information content (AvgIpc) is 3.46. The molecule has 1 saturated heterocycles. The summed E-state index contributed by atoms with van der Waals surface area (Å²) in [5, 5.41) is 20.3. The van der Waals surface area contributed by atoms with Crippen molar-refractivity contribution in [1.82, 2.24) is 29.5 Å². The van der Waals surface area contributed by atoms with E-state index in [-0.39, 0.29) is 5.62 Å². The molecule has 0 aliphatic carbocycles. The highest BCUT2D eigenvalue weighted by Gasteiger charge is 2.52. The fraction of sp³-hybridized carbons (Fsp3) is 0.107. The van der Waals surface area contributed by atoms with Crippen molar-refractivity contribution in [1.29, 1.82) is 0 Å². The number of hydrogen-bond donors (Lipinski definition) is 3. The third-order valence-electron chi connectivity index (χ3n) is 6.48. The number of imide groups is 2. The smallest absolute Gasteiger partial charge is 0.328 e. The van der Waals surface area contributed by atoms with Crippen LogP contribution in [0.1, 0.15) is 11.3 Å². The van der Waals surface area contributed by atoms with Gasteiger partial charge in [0, 0.05) is 6.07 Å². The maximum atomic E-state index is 13.1. The lowest BCUT2D eigenvalue weighted by atomic mass is 10.1. The fourth-order valence-corrected chi connectivity index (χ4v) is 4.71. The number of para-hydroxylation sites is 3. The number of aryl methyl sites for hydroxylation is 1. The Morgan fingerprint density at radius 1 is 0.846 bits per heavy atom. The number of nitrogens with zero attached hydrogens (tertiary/aromatic N) is 5. The Kier molecular flexibility index (Phi) is 5.69. The third-order valence-corrected chi connectivity index (χ3v) is 6.48. The number of aliphatic hydroxyl groups is 1. The zero-order chi connectivity index (χ0) is 27.1. The van der Waals surface area contributed by atoms with Crippen molar-refractivity contribution in [3.63, 3.8) is 0 Å². The lowest BCUT2D eigenvalue weighted by molar-refractivity contribution is -0.165. The van der Waals surface area contributed by atoms with Gasteiger partial charge in [0.2, 0.25) is 5.62 Å². The largest absolute Gasteiger partial charge is 0.355 e. The van der Waals surface area contributed by atoms with Gasteiger partial charge in [-0.1, -0.05) is 60.7 Å². The molecule has 11 heteroatoms. The van der Waals surface area contributed by atoms with Crippen molar-refractivity contribution in [2.75, 3.05) is 0 Å². The molecule has 6 rings (SSSR count). The Morgan fingerprint density at radius 3 is 2.10 bits per heavy atom. The predicted octanol–water partition coefficient (Wildman–Crippen LogP) is 2.23. The van der Waals surface area contributed by atoms with Gasteiger partial charge >= 0.3 is 11.8 Å². The fourth-order valence-electron chi connectivity index (χ4n) is 4.71. The van der Waals surface area contributed by atoms with Gasteiger partial charge in [-0.15, -0.1) is 0 Å². The number of barbiturate groups is 1. The van der Waals surface area contributed by atoms with Crippen LogP contribution in [0, 0.1) is 6.92 Å². The van der Waals surface area contributed by atoms with Gasteiger partial charge in [-0.3, -0.25) is 24.8 Å². The topological polar surface area (TPSA) is 136 Å². The lowest BCUT2D eigenvalue weighted by Gasteiger charge is -2.30. The molecule has 1 aliphatic heterocycles. The molecule has 1 aliphatic rings. The highest BCUT2D eigenvalue weighted by atomic mass is 16.3. The molecule has 0 spiro atoms. The normalized spacial score (nSPS) is 15.4. The van der Waals surface area contributed by atoms with Gasteiger partial charge in [0.25, 0.3) is 11.8 Å². The molecule has 0 radical (unpaired) electrons. The summed E-state index contributed by atoms with van der Waals surface area (Å²) >= 11 is 0. The first-order valence-corrected chi connectivity index (χ1v) is 12.2. The van der Waals surface area contributed by atoms with Crippen molar-refractivity contribution < 1.29 is 19.5 Å². The van der Waals surface area contributed by atoms with E-state index < -0.39 is 23.6 Å². The number of nitrogens with one attached hydrogen (secondary N) is 2.